The maximum Gasteiger partial charge on any atom is 0.282 e. The number of hydrogen-bond acceptors (Lipinski definition) is 3. The number of rotatable bonds is 3. The van der Waals surface area contributed by atoms with Gasteiger partial charge in [0, 0.05) is 29.4 Å². The van der Waals surface area contributed by atoms with Crippen molar-refractivity contribution in [2.75, 3.05) is 16.3 Å². The first-order valence-corrected chi connectivity index (χ1v) is 11.1. The third kappa shape index (κ3) is 2.76. The van der Waals surface area contributed by atoms with Crippen LogP contribution < -0.4 is 9.80 Å². The molecule has 0 spiro atoms. The van der Waals surface area contributed by atoms with Crippen molar-refractivity contribution in [2.24, 2.45) is 4.99 Å². The van der Waals surface area contributed by atoms with E-state index in [1.807, 2.05) is 60.7 Å². The molecule has 3 aromatic carbocycles. The van der Waals surface area contributed by atoms with Gasteiger partial charge in [0.25, 0.3) is 5.91 Å². The molecule has 2 heterocycles. The summed E-state index contributed by atoms with van der Waals surface area (Å²) in [7, 11) is 0. The minimum Gasteiger partial charge on any atom is -0.364 e. The number of aliphatic imine (C=N–C) groups is 1. The van der Waals surface area contributed by atoms with Gasteiger partial charge in [-0.25, -0.2) is 4.99 Å². The molecule has 2 aliphatic heterocycles. The number of fused-ring (bicyclic) bond motifs is 4. The van der Waals surface area contributed by atoms with Crippen LogP contribution in [0.25, 0.3) is 0 Å². The van der Waals surface area contributed by atoms with E-state index in [1.54, 1.807) is 4.90 Å². The van der Waals surface area contributed by atoms with E-state index in [4.69, 9.17) is 4.99 Å². The Bertz CT molecular complexity index is 1310. The Hall–Kier alpha value is -3.92. The predicted octanol–water partition coefficient (Wildman–Crippen LogP) is 5.90. The zero-order valence-corrected chi connectivity index (χ0v) is 17.8. The maximum atomic E-state index is 13.5. The fourth-order valence-electron chi connectivity index (χ4n) is 5.13. The minimum atomic E-state index is -0.0912. The lowest BCUT2D eigenvalue weighted by molar-refractivity contribution is -0.111. The van der Waals surface area contributed by atoms with Crippen molar-refractivity contribution in [2.45, 2.75) is 18.9 Å². The highest BCUT2D eigenvalue weighted by Gasteiger charge is 2.37. The van der Waals surface area contributed by atoms with Crippen LogP contribution in [-0.4, -0.2) is 24.2 Å². The highest BCUT2D eigenvalue weighted by Crippen LogP contribution is 2.45. The van der Waals surface area contributed by atoms with Crippen molar-refractivity contribution in [1.82, 2.24) is 0 Å². The molecular formula is C28H23N3O. The van der Waals surface area contributed by atoms with E-state index in [1.165, 1.54) is 11.3 Å². The second kappa shape index (κ2) is 7.34. The highest BCUT2D eigenvalue weighted by atomic mass is 16.2. The molecule has 4 heteroatoms. The molecule has 4 nitrogen and oxygen atoms in total. The molecular weight excluding hydrogens is 394 g/mol. The molecule has 6 rings (SSSR count). The van der Waals surface area contributed by atoms with Crippen LogP contribution >= 0.6 is 0 Å². The molecule has 3 aromatic rings. The van der Waals surface area contributed by atoms with Gasteiger partial charge in [-0.05, 0) is 48.9 Å². The quantitative estimate of drug-likeness (QED) is 0.532. The van der Waals surface area contributed by atoms with Crippen molar-refractivity contribution >= 4 is 34.4 Å². The Morgan fingerprint density at radius 3 is 2.50 bits per heavy atom. The summed E-state index contributed by atoms with van der Waals surface area (Å²) in [6.45, 7) is 3.15. The number of carbonyl (C=O) groups excluding carboxylic acids is 1. The molecule has 0 saturated heterocycles. The summed E-state index contributed by atoms with van der Waals surface area (Å²) in [6.07, 6.45) is 8.79. The number of hydrogen-bond donors (Lipinski definition) is 0. The number of amides is 1. The van der Waals surface area contributed by atoms with E-state index in [9.17, 15) is 4.79 Å². The van der Waals surface area contributed by atoms with Crippen LogP contribution in [0.2, 0.25) is 0 Å². The lowest BCUT2D eigenvalue weighted by atomic mass is 9.91. The standard InChI is InChI=1S/C28H23N3O/c1-2-30-24-14-8-6-12-21(24)23-18-19(16-17-25(23)30)29-27-22-13-7-9-15-26(22)31(28(27)32)20-10-4-3-5-11-20/h3-18,21,24H,2H2,1H3/b29-27-. The van der Waals surface area contributed by atoms with Gasteiger partial charge in [-0.2, -0.15) is 0 Å². The van der Waals surface area contributed by atoms with Crippen LogP contribution in [0, 0.1) is 0 Å². The summed E-state index contributed by atoms with van der Waals surface area (Å²) in [4.78, 5) is 22.6. The molecule has 0 fully saturated rings. The van der Waals surface area contributed by atoms with E-state index in [0.29, 0.717) is 17.7 Å². The zero-order chi connectivity index (χ0) is 21.7. The van der Waals surface area contributed by atoms with Crippen molar-refractivity contribution in [3.05, 3.63) is 108 Å². The van der Waals surface area contributed by atoms with Gasteiger partial charge in [0.15, 0.2) is 0 Å². The number of allylic oxidation sites excluding steroid dienone is 2. The van der Waals surface area contributed by atoms with Crippen LogP contribution in [0.15, 0.2) is 102 Å². The SMILES string of the molecule is CCN1c2ccc(/N=C3\C(=O)N(c4ccccc4)c4ccccc43)cc2C2C=CC=CC21. The predicted molar refractivity (Wildman–Crippen MR) is 130 cm³/mol. The Morgan fingerprint density at radius 1 is 0.875 bits per heavy atom. The first kappa shape index (κ1) is 18.8. The van der Waals surface area contributed by atoms with Crippen LogP contribution in [-0.2, 0) is 4.79 Å². The summed E-state index contributed by atoms with van der Waals surface area (Å²) in [5, 5.41) is 0. The van der Waals surface area contributed by atoms with Gasteiger partial charge >= 0.3 is 0 Å². The average molecular weight is 418 g/mol. The molecule has 1 amide bonds. The summed E-state index contributed by atoms with van der Waals surface area (Å²) in [5.41, 5.74) is 6.44. The fourth-order valence-corrected chi connectivity index (χ4v) is 5.13. The zero-order valence-electron chi connectivity index (χ0n) is 17.8. The fraction of sp³-hybridized carbons (Fsp3) is 0.143. The molecule has 0 saturated carbocycles. The van der Waals surface area contributed by atoms with Crippen LogP contribution in [0.4, 0.5) is 22.7 Å². The van der Waals surface area contributed by atoms with E-state index < -0.39 is 0 Å². The third-order valence-corrected chi connectivity index (χ3v) is 6.55. The first-order chi connectivity index (χ1) is 15.8. The Labute approximate surface area is 187 Å². The number of anilines is 3. The average Bonchev–Trinajstić information content (AvgIpc) is 3.31. The van der Waals surface area contributed by atoms with Crippen LogP contribution in [0.1, 0.15) is 24.0 Å². The second-order valence-electron chi connectivity index (χ2n) is 8.27. The van der Waals surface area contributed by atoms with Crippen molar-refractivity contribution in [1.29, 1.82) is 0 Å². The summed E-state index contributed by atoms with van der Waals surface area (Å²) in [5.74, 6) is 0.230. The monoisotopic (exact) mass is 417 g/mol. The van der Waals surface area contributed by atoms with Gasteiger partial charge in [-0.1, -0.05) is 60.7 Å². The normalized spacial score (nSPS) is 21.8. The molecule has 0 aromatic heterocycles. The number of carbonyl (C=O) groups is 1. The van der Waals surface area contributed by atoms with Crippen molar-refractivity contribution in [3.63, 3.8) is 0 Å². The van der Waals surface area contributed by atoms with Gasteiger partial charge in [-0.3, -0.25) is 9.69 Å². The van der Waals surface area contributed by atoms with Gasteiger partial charge in [0.05, 0.1) is 17.4 Å². The first-order valence-electron chi connectivity index (χ1n) is 11.1. The molecule has 0 radical (unpaired) electrons. The highest BCUT2D eigenvalue weighted by molar-refractivity contribution is 6.56. The minimum absolute atomic E-state index is 0.0912. The summed E-state index contributed by atoms with van der Waals surface area (Å²) < 4.78 is 0. The van der Waals surface area contributed by atoms with Gasteiger partial charge < -0.3 is 4.90 Å². The van der Waals surface area contributed by atoms with Crippen LogP contribution in [0.5, 0.6) is 0 Å². The van der Waals surface area contributed by atoms with E-state index in [2.05, 4.69) is 48.3 Å². The molecule has 0 bridgehead atoms. The van der Waals surface area contributed by atoms with Gasteiger partial charge in [-0.15, -0.1) is 0 Å². The molecule has 2 atom stereocenters. The molecule has 32 heavy (non-hydrogen) atoms. The van der Waals surface area contributed by atoms with Crippen LogP contribution in [0.3, 0.4) is 0 Å². The Balaban J connectivity index is 1.44. The maximum absolute atomic E-state index is 13.5. The molecule has 2 unspecified atom stereocenters. The largest absolute Gasteiger partial charge is 0.364 e. The van der Waals surface area contributed by atoms with Gasteiger partial charge in [0.2, 0.25) is 0 Å². The Kier molecular flexibility index (Phi) is 4.32. The van der Waals surface area contributed by atoms with Gasteiger partial charge in [0.1, 0.15) is 5.71 Å². The lowest BCUT2D eigenvalue weighted by Crippen LogP contribution is -2.32. The molecule has 3 aliphatic rings. The molecule has 1 aliphatic carbocycles. The van der Waals surface area contributed by atoms with Crippen molar-refractivity contribution in [3.8, 4) is 0 Å². The second-order valence-corrected chi connectivity index (χ2v) is 8.27. The molecule has 0 N–H and O–H groups in total. The lowest BCUT2D eigenvalue weighted by Gasteiger charge is -2.26. The van der Waals surface area contributed by atoms with E-state index in [0.717, 1.165) is 29.2 Å². The number of benzene rings is 3. The topological polar surface area (TPSA) is 35.9 Å². The van der Waals surface area contributed by atoms with Crippen molar-refractivity contribution < 1.29 is 4.79 Å². The molecule has 156 valence electrons. The van der Waals surface area contributed by atoms with E-state index in [-0.39, 0.29) is 5.91 Å². The smallest absolute Gasteiger partial charge is 0.282 e. The summed E-state index contributed by atoms with van der Waals surface area (Å²) in [6, 6.07) is 24.3. The Morgan fingerprint density at radius 2 is 1.66 bits per heavy atom. The summed E-state index contributed by atoms with van der Waals surface area (Å²) >= 11 is 0. The third-order valence-electron chi connectivity index (χ3n) is 6.55. The number of nitrogens with zero attached hydrogens (tertiary/aromatic N) is 3. The van der Waals surface area contributed by atoms with E-state index >= 15 is 0 Å². The number of likely N-dealkylation sites (N-methyl/N-ethyl adjacent to an activating group) is 1. The number of para-hydroxylation sites is 2.